The van der Waals surface area contributed by atoms with E-state index in [4.69, 9.17) is 14.5 Å². The Hall–Kier alpha value is -3.82. The van der Waals surface area contributed by atoms with Gasteiger partial charge in [0.1, 0.15) is 19.0 Å². The maximum atomic E-state index is 11.9. The van der Waals surface area contributed by atoms with E-state index in [1.807, 2.05) is 30.5 Å². The molecule has 3 aromatic rings. The maximum absolute atomic E-state index is 11.9. The summed E-state index contributed by atoms with van der Waals surface area (Å²) < 4.78 is 10.3. The van der Waals surface area contributed by atoms with Crippen molar-refractivity contribution < 1.29 is 19.1 Å². The summed E-state index contributed by atoms with van der Waals surface area (Å²) in [6.45, 7) is 8.12. The number of benzene rings is 1. The highest BCUT2D eigenvalue weighted by Crippen LogP contribution is 2.31. The first-order valence-corrected chi connectivity index (χ1v) is 12.6. The van der Waals surface area contributed by atoms with Crippen LogP contribution in [0.15, 0.2) is 48.8 Å². The Morgan fingerprint density at radius 2 is 1.97 bits per heavy atom. The number of amides is 1. The molecule has 2 fully saturated rings. The summed E-state index contributed by atoms with van der Waals surface area (Å²) in [6.07, 6.45) is 3.25. The number of esters is 1. The molecule has 0 radical (unpaired) electrons. The average Bonchev–Trinajstić information content (AvgIpc) is 3.50. The van der Waals surface area contributed by atoms with E-state index in [2.05, 4.69) is 41.2 Å². The molecule has 3 aliphatic rings. The molecule has 0 unspecified atom stereocenters. The summed E-state index contributed by atoms with van der Waals surface area (Å²) in [7, 11) is 0. The molecule has 9 heteroatoms. The van der Waals surface area contributed by atoms with Crippen LogP contribution in [-0.4, -0.2) is 59.2 Å². The minimum atomic E-state index is -0.367. The summed E-state index contributed by atoms with van der Waals surface area (Å²) in [5.41, 5.74) is 6.93. The molecule has 2 aromatic heterocycles. The van der Waals surface area contributed by atoms with Gasteiger partial charge in [-0.25, -0.2) is 14.6 Å². The van der Waals surface area contributed by atoms with Crippen molar-refractivity contribution in [2.24, 2.45) is 0 Å². The molecule has 0 saturated carbocycles. The molecule has 1 aromatic carbocycles. The molecule has 6 rings (SSSR count). The number of carbonyl (C=O) groups is 2. The van der Waals surface area contributed by atoms with E-state index >= 15 is 0 Å². The number of fused-ring (bicyclic) bond motifs is 1. The second kappa shape index (κ2) is 9.57. The normalized spacial score (nSPS) is 21.6. The Morgan fingerprint density at radius 1 is 1.08 bits per heavy atom. The van der Waals surface area contributed by atoms with E-state index < -0.39 is 0 Å². The Balaban J connectivity index is 1.16. The van der Waals surface area contributed by atoms with Crippen LogP contribution in [-0.2, 0) is 22.6 Å². The maximum Gasteiger partial charge on any atom is 0.415 e. The zero-order valence-corrected chi connectivity index (χ0v) is 20.9. The molecule has 0 spiro atoms. The summed E-state index contributed by atoms with van der Waals surface area (Å²) >= 11 is 0. The van der Waals surface area contributed by atoms with Gasteiger partial charge in [0, 0.05) is 55.2 Å². The number of nitrogens with zero attached hydrogens (tertiary/aromatic N) is 4. The Morgan fingerprint density at radius 3 is 2.76 bits per heavy atom. The highest BCUT2D eigenvalue weighted by molar-refractivity contribution is 5.94. The molecule has 3 aliphatic heterocycles. The number of anilines is 1. The molecule has 1 amide bonds. The van der Waals surface area contributed by atoms with E-state index in [1.165, 1.54) is 10.5 Å². The minimum Gasteiger partial charge on any atom is -0.457 e. The lowest BCUT2D eigenvalue weighted by atomic mass is 9.92. The van der Waals surface area contributed by atoms with Crippen molar-refractivity contribution in [2.75, 3.05) is 31.1 Å². The van der Waals surface area contributed by atoms with Gasteiger partial charge in [-0.15, -0.1) is 0 Å². The lowest BCUT2D eigenvalue weighted by Crippen LogP contribution is -2.50. The van der Waals surface area contributed by atoms with Crippen LogP contribution in [0.1, 0.15) is 45.6 Å². The van der Waals surface area contributed by atoms with Gasteiger partial charge in [0.05, 0.1) is 17.8 Å². The quantitative estimate of drug-likeness (QED) is 0.532. The van der Waals surface area contributed by atoms with Gasteiger partial charge in [-0.2, -0.15) is 0 Å². The molecule has 1 N–H and O–H groups in total. The number of nitrogens with one attached hydrogen (secondary N) is 1. The van der Waals surface area contributed by atoms with Crippen molar-refractivity contribution in [3.8, 4) is 11.3 Å². The number of hydrogen-bond acceptors (Lipinski definition) is 8. The zero-order valence-electron chi connectivity index (χ0n) is 20.9. The number of carbonyl (C=O) groups excluding carboxylic acids is 2. The van der Waals surface area contributed by atoms with E-state index in [9.17, 15) is 9.59 Å². The number of rotatable bonds is 5. The van der Waals surface area contributed by atoms with Gasteiger partial charge in [-0.1, -0.05) is 12.1 Å². The summed E-state index contributed by atoms with van der Waals surface area (Å²) in [4.78, 5) is 36.8. The van der Waals surface area contributed by atoms with Gasteiger partial charge in [-0.05, 0) is 54.8 Å². The number of pyridine rings is 2. The molecular formula is C28H29N5O4. The van der Waals surface area contributed by atoms with Crippen LogP contribution in [0, 0.1) is 6.92 Å². The number of piperazine rings is 1. The molecule has 9 nitrogen and oxygen atoms in total. The highest BCUT2D eigenvalue weighted by atomic mass is 16.6. The molecule has 2 atom stereocenters. The van der Waals surface area contributed by atoms with Crippen molar-refractivity contribution in [3.05, 3.63) is 76.6 Å². The molecule has 37 heavy (non-hydrogen) atoms. The predicted molar refractivity (Wildman–Crippen MR) is 137 cm³/mol. The fraction of sp³-hybridized carbons (Fsp3) is 0.357. The zero-order chi connectivity index (χ0) is 25.5. The van der Waals surface area contributed by atoms with Crippen molar-refractivity contribution in [1.29, 1.82) is 0 Å². The third kappa shape index (κ3) is 4.56. The van der Waals surface area contributed by atoms with Crippen molar-refractivity contribution in [1.82, 2.24) is 20.2 Å². The average molecular weight is 500 g/mol. The van der Waals surface area contributed by atoms with Crippen LogP contribution in [0.2, 0.25) is 0 Å². The van der Waals surface area contributed by atoms with E-state index in [0.29, 0.717) is 37.2 Å². The first kappa shape index (κ1) is 23.6. The summed E-state index contributed by atoms with van der Waals surface area (Å²) in [6, 6.07) is 12.4. The second-order valence-corrected chi connectivity index (χ2v) is 9.92. The Bertz CT molecular complexity index is 1360. The Kier molecular flexibility index (Phi) is 6.10. The van der Waals surface area contributed by atoms with Gasteiger partial charge in [0.25, 0.3) is 0 Å². The number of cyclic esters (lactones) is 2. The highest BCUT2D eigenvalue weighted by Gasteiger charge is 2.30. The number of aromatic nitrogens is 2. The summed E-state index contributed by atoms with van der Waals surface area (Å²) in [5.74, 6) is 0.346. The first-order valence-electron chi connectivity index (χ1n) is 12.6. The van der Waals surface area contributed by atoms with E-state index in [1.54, 1.807) is 6.20 Å². The lowest BCUT2D eigenvalue weighted by molar-refractivity contribution is 0.0535. The van der Waals surface area contributed by atoms with Crippen LogP contribution in [0.3, 0.4) is 0 Å². The molecule has 0 aliphatic carbocycles. The molecule has 2 saturated heterocycles. The van der Waals surface area contributed by atoms with Crippen LogP contribution < -0.4 is 10.2 Å². The van der Waals surface area contributed by atoms with Crippen molar-refractivity contribution in [2.45, 2.75) is 39.1 Å². The van der Waals surface area contributed by atoms with Crippen LogP contribution in [0.5, 0.6) is 0 Å². The SMILES string of the molecule is Cc1c([C@@H]2CN(Cc3ccc(-c4ccnc(N5CCOC5=O)c4)nc3)C[C@H](C)N2)ccc2c1COC2=O. The first-order chi connectivity index (χ1) is 18.0. The molecular weight excluding hydrogens is 470 g/mol. The molecule has 190 valence electrons. The fourth-order valence-electron chi connectivity index (χ4n) is 5.51. The summed E-state index contributed by atoms with van der Waals surface area (Å²) in [5, 5.41) is 3.73. The third-order valence-corrected chi connectivity index (χ3v) is 7.35. The largest absolute Gasteiger partial charge is 0.457 e. The number of ether oxygens (including phenoxy) is 2. The van der Waals surface area contributed by atoms with Crippen LogP contribution in [0.25, 0.3) is 11.3 Å². The Labute approximate surface area is 215 Å². The predicted octanol–water partition coefficient (Wildman–Crippen LogP) is 3.61. The van der Waals surface area contributed by atoms with Gasteiger partial charge in [0.2, 0.25) is 0 Å². The van der Waals surface area contributed by atoms with Gasteiger partial charge < -0.3 is 14.8 Å². The van der Waals surface area contributed by atoms with E-state index in [0.717, 1.165) is 47.6 Å². The molecule has 0 bridgehead atoms. The van der Waals surface area contributed by atoms with Crippen LogP contribution in [0.4, 0.5) is 10.6 Å². The lowest BCUT2D eigenvalue weighted by Gasteiger charge is -2.38. The van der Waals surface area contributed by atoms with Crippen LogP contribution >= 0.6 is 0 Å². The van der Waals surface area contributed by atoms with Gasteiger partial charge >= 0.3 is 12.1 Å². The van der Waals surface area contributed by atoms with Crippen molar-refractivity contribution in [3.63, 3.8) is 0 Å². The second-order valence-electron chi connectivity index (χ2n) is 9.92. The topological polar surface area (TPSA) is 96.9 Å². The molecule has 5 heterocycles. The third-order valence-electron chi connectivity index (χ3n) is 7.35. The van der Waals surface area contributed by atoms with Gasteiger partial charge in [0.15, 0.2) is 0 Å². The van der Waals surface area contributed by atoms with Gasteiger partial charge in [-0.3, -0.25) is 14.8 Å². The van der Waals surface area contributed by atoms with Crippen molar-refractivity contribution >= 4 is 17.9 Å². The fourth-order valence-corrected chi connectivity index (χ4v) is 5.51. The smallest absolute Gasteiger partial charge is 0.415 e. The minimum absolute atomic E-state index is 0.171. The standard InChI is InChI=1S/C28H29N5O4/c1-17-13-32(15-25(31-17)21-4-5-22-23(18(21)2)16-37-27(22)34)14-19-3-6-24(30-12-19)20-7-8-29-26(11-20)33-9-10-36-28(33)35/h3-8,11-12,17,25,31H,9-10,13-16H2,1-2H3/t17-,25-/m0/s1. The monoisotopic (exact) mass is 499 g/mol. The van der Waals surface area contributed by atoms with E-state index in [-0.39, 0.29) is 18.1 Å². The number of hydrogen-bond donors (Lipinski definition) is 1.